The average molecular weight is 571 g/mol. The standard InChI is InChI=1S/C20H28F3N5OS.HI/c1-4-24-19(25-9-8-18-27-17(14-30-18)20(21,22)23)26-13-15-6-5-7-16(12-15)29-11-10-28(2)3;/h5-7,12,14H,4,8-11,13H2,1-3H3,(H2,24,25,26);1H. The number of nitrogens with zero attached hydrogens (tertiary/aromatic N) is 3. The second kappa shape index (κ2) is 13.7. The van der Waals surface area contributed by atoms with E-state index in [0.29, 0.717) is 43.6 Å². The highest BCUT2D eigenvalue weighted by atomic mass is 127. The lowest BCUT2D eigenvalue weighted by molar-refractivity contribution is -0.140. The Morgan fingerprint density at radius 2 is 2.03 bits per heavy atom. The summed E-state index contributed by atoms with van der Waals surface area (Å²) in [6, 6.07) is 7.77. The highest BCUT2D eigenvalue weighted by Gasteiger charge is 2.33. The van der Waals surface area contributed by atoms with Gasteiger partial charge in [-0.3, -0.25) is 0 Å². The molecule has 0 spiro atoms. The van der Waals surface area contributed by atoms with E-state index in [1.54, 1.807) is 0 Å². The molecule has 0 aliphatic carbocycles. The van der Waals surface area contributed by atoms with E-state index >= 15 is 0 Å². The van der Waals surface area contributed by atoms with E-state index in [2.05, 4.69) is 25.5 Å². The van der Waals surface area contributed by atoms with Crippen molar-refractivity contribution in [3.8, 4) is 5.75 Å². The molecule has 0 aliphatic rings. The third kappa shape index (κ3) is 10.5. The summed E-state index contributed by atoms with van der Waals surface area (Å²) in [6.45, 7) is 4.96. The Morgan fingerprint density at radius 3 is 2.68 bits per heavy atom. The third-order valence-electron chi connectivity index (χ3n) is 3.94. The first-order valence-electron chi connectivity index (χ1n) is 9.68. The zero-order valence-electron chi connectivity index (χ0n) is 17.8. The lowest BCUT2D eigenvalue weighted by Crippen LogP contribution is -2.38. The number of ether oxygens (including phenoxy) is 1. The van der Waals surface area contributed by atoms with Crippen molar-refractivity contribution < 1.29 is 17.9 Å². The second-order valence-electron chi connectivity index (χ2n) is 6.80. The number of rotatable bonds is 10. The maximum absolute atomic E-state index is 12.6. The fourth-order valence-corrected chi connectivity index (χ4v) is 3.24. The van der Waals surface area contributed by atoms with Crippen LogP contribution in [-0.2, 0) is 19.1 Å². The number of alkyl halides is 3. The molecule has 174 valence electrons. The normalized spacial score (nSPS) is 11.9. The highest BCUT2D eigenvalue weighted by Crippen LogP contribution is 2.30. The van der Waals surface area contributed by atoms with Gasteiger partial charge in [0.25, 0.3) is 0 Å². The van der Waals surface area contributed by atoms with E-state index in [9.17, 15) is 13.2 Å². The number of aliphatic imine (C=N–C) groups is 1. The summed E-state index contributed by atoms with van der Waals surface area (Å²) >= 11 is 1.01. The van der Waals surface area contributed by atoms with Crippen LogP contribution >= 0.6 is 35.3 Å². The molecule has 1 aromatic heterocycles. The van der Waals surface area contributed by atoms with Crippen LogP contribution in [0.2, 0.25) is 0 Å². The minimum Gasteiger partial charge on any atom is -0.492 e. The van der Waals surface area contributed by atoms with Crippen molar-refractivity contribution in [1.82, 2.24) is 20.5 Å². The second-order valence-corrected chi connectivity index (χ2v) is 7.74. The van der Waals surface area contributed by atoms with Crippen LogP contribution in [0.1, 0.15) is 23.2 Å². The van der Waals surface area contributed by atoms with Crippen molar-refractivity contribution in [2.45, 2.75) is 26.1 Å². The summed E-state index contributed by atoms with van der Waals surface area (Å²) in [4.78, 5) is 10.2. The van der Waals surface area contributed by atoms with E-state index in [0.717, 1.165) is 34.6 Å². The molecule has 0 bridgehead atoms. The van der Waals surface area contributed by atoms with E-state index in [4.69, 9.17) is 4.74 Å². The molecule has 0 atom stereocenters. The van der Waals surface area contributed by atoms with E-state index in [1.165, 1.54) is 0 Å². The molecular weight excluding hydrogens is 542 g/mol. The number of hydrogen-bond donors (Lipinski definition) is 2. The maximum atomic E-state index is 12.6. The number of likely N-dealkylation sites (N-methyl/N-ethyl adjacent to an activating group) is 1. The lowest BCUT2D eigenvalue weighted by atomic mass is 10.2. The Labute approximate surface area is 202 Å². The summed E-state index contributed by atoms with van der Waals surface area (Å²) in [5.74, 6) is 1.40. The number of nitrogens with one attached hydrogen (secondary N) is 2. The molecule has 2 aromatic rings. The minimum absolute atomic E-state index is 0. The first-order valence-corrected chi connectivity index (χ1v) is 10.6. The van der Waals surface area contributed by atoms with Gasteiger partial charge in [0.15, 0.2) is 11.7 Å². The summed E-state index contributed by atoms with van der Waals surface area (Å²) in [5, 5.41) is 7.75. The maximum Gasteiger partial charge on any atom is 0.434 e. The fourth-order valence-electron chi connectivity index (χ4n) is 2.44. The molecule has 0 aliphatic heterocycles. The van der Waals surface area contributed by atoms with Crippen LogP contribution in [0, 0.1) is 0 Å². The molecule has 6 nitrogen and oxygen atoms in total. The van der Waals surface area contributed by atoms with Crippen molar-refractivity contribution in [3.63, 3.8) is 0 Å². The van der Waals surface area contributed by atoms with Crippen molar-refractivity contribution >= 4 is 41.3 Å². The molecule has 1 heterocycles. The van der Waals surface area contributed by atoms with Crippen LogP contribution in [0.25, 0.3) is 0 Å². The van der Waals surface area contributed by atoms with E-state index < -0.39 is 11.9 Å². The summed E-state index contributed by atoms with van der Waals surface area (Å²) < 4.78 is 43.6. The molecule has 0 radical (unpaired) electrons. The van der Waals surface area contributed by atoms with Crippen LogP contribution in [-0.4, -0.2) is 56.2 Å². The third-order valence-corrected chi connectivity index (χ3v) is 4.85. The Balaban J connectivity index is 0.00000480. The predicted molar refractivity (Wildman–Crippen MR) is 130 cm³/mol. The molecule has 11 heteroatoms. The lowest BCUT2D eigenvalue weighted by Gasteiger charge is -2.12. The number of aromatic nitrogens is 1. The average Bonchev–Trinajstić information content (AvgIpc) is 3.16. The largest absolute Gasteiger partial charge is 0.492 e. The van der Waals surface area contributed by atoms with Crippen LogP contribution in [0.5, 0.6) is 5.75 Å². The smallest absolute Gasteiger partial charge is 0.434 e. The van der Waals surface area contributed by atoms with Gasteiger partial charge >= 0.3 is 6.18 Å². The zero-order valence-corrected chi connectivity index (χ0v) is 21.0. The monoisotopic (exact) mass is 571 g/mol. The van der Waals surface area contributed by atoms with Crippen molar-refractivity contribution in [2.24, 2.45) is 4.99 Å². The number of guanidine groups is 1. The summed E-state index contributed by atoms with van der Waals surface area (Å²) in [5.41, 5.74) is 0.167. The predicted octanol–water partition coefficient (Wildman–Crippen LogP) is 4.02. The molecule has 0 saturated carbocycles. The first-order chi connectivity index (χ1) is 14.3. The summed E-state index contributed by atoms with van der Waals surface area (Å²) in [6.07, 6.45) is -4.01. The van der Waals surface area contributed by atoms with Crippen molar-refractivity contribution in [3.05, 3.63) is 45.9 Å². The van der Waals surface area contributed by atoms with Gasteiger partial charge in [0.05, 0.1) is 11.6 Å². The van der Waals surface area contributed by atoms with Gasteiger partial charge in [-0.1, -0.05) is 12.1 Å². The molecule has 0 unspecified atom stereocenters. The highest BCUT2D eigenvalue weighted by molar-refractivity contribution is 14.0. The molecule has 31 heavy (non-hydrogen) atoms. The van der Waals surface area contributed by atoms with Crippen LogP contribution in [0.15, 0.2) is 34.6 Å². The van der Waals surface area contributed by atoms with Gasteiger partial charge in [0.2, 0.25) is 0 Å². The SMILES string of the molecule is CCNC(=NCc1cccc(OCCN(C)C)c1)NCCc1nc(C(F)(F)F)cs1.I. The van der Waals surface area contributed by atoms with Crippen LogP contribution in [0.3, 0.4) is 0 Å². The quantitative estimate of drug-likeness (QED) is 0.257. The number of hydrogen-bond acceptors (Lipinski definition) is 5. The Morgan fingerprint density at radius 1 is 1.26 bits per heavy atom. The Kier molecular flexibility index (Phi) is 12.2. The van der Waals surface area contributed by atoms with Gasteiger partial charge in [-0.2, -0.15) is 13.2 Å². The van der Waals surface area contributed by atoms with Gasteiger partial charge in [0.1, 0.15) is 12.4 Å². The number of halogens is 4. The molecule has 0 saturated heterocycles. The topological polar surface area (TPSA) is 61.8 Å². The number of thiazole rings is 1. The van der Waals surface area contributed by atoms with Crippen molar-refractivity contribution in [2.75, 3.05) is 40.3 Å². The molecule has 0 amide bonds. The molecule has 2 N–H and O–H groups in total. The Hall–Kier alpha value is -1.60. The molecule has 0 fully saturated rings. The van der Waals surface area contributed by atoms with Gasteiger partial charge < -0.3 is 20.3 Å². The molecule has 2 rings (SSSR count). The van der Waals surface area contributed by atoms with E-state index in [1.807, 2.05) is 45.3 Å². The van der Waals surface area contributed by atoms with Crippen LogP contribution in [0.4, 0.5) is 13.2 Å². The summed E-state index contributed by atoms with van der Waals surface area (Å²) in [7, 11) is 3.99. The van der Waals surface area contributed by atoms with Gasteiger partial charge in [-0.05, 0) is 38.7 Å². The first kappa shape index (κ1) is 27.4. The minimum atomic E-state index is -4.40. The van der Waals surface area contributed by atoms with Crippen molar-refractivity contribution in [1.29, 1.82) is 0 Å². The van der Waals surface area contributed by atoms with Gasteiger partial charge in [-0.25, -0.2) is 9.98 Å². The molecular formula is C20H29F3IN5OS. The van der Waals surface area contributed by atoms with Gasteiger partial charge in [-0.15, -0.1) is 35.3 Å². The fraction of sp³-hybridized carbons (Fsp3) is 0.500. The van der Waals surface area contributed by atoms with Gasteiger partial charge in [0, 0.05) is 31.4 Å². The van der Waals surface area contributed by atoms with Crippen LogP contribution < -0.4 is 15.4 Å². The Bertz CT molecular complexity index is 814. The van der Waals surface area contributed by atoms with E-state index in [-0.39, 0.29) is 24.0 Å². The zero-order chi connectivity index (χ0) is 22.0. The molecule has 1 aromatic carbocycles. The number of benzene rings is 1.